The minimum atomic E-state index is -0.715. The Morgan fingerprint density at radius 2 is 2.10 bits per heavy atom. The van der Waals surface area contributed by atoms with Crippen molar-refractivity contribution < 1.29 is 14.3 Å². The molecule has 108 valence electrons. The van der Waals surface area contributed by atoms with Crippen LogP contribution in [-0.2, 0) is 20.7 Å². The number of nitrogens with one attached hydrogen (secondary N) is 1. The number of benzene rings is 1. The molecule has 20 heavy (non-hydrogen) atoms. The van der Waals surface area contributed by atoms with Crippen molar-refractivity contribution in [3.8, 4) is 0 Å². The van der Waals surface area contributed by atoms with Crippen LogP contribution in [0.2, 0.25) is 0 Å². The normalized spacial score (nSPS) is 19.6. The number of hydrogen-bond donors (Lipinski definition) is 2. The van der Waals surface area contributed by atoms with E-state index in [-0.39, 0.29) is 5.91 Å². The SMILES string of the molecule is NC(=O)[C@H](Cc1ccc(Br)cc1)NC(=O)[C@H]1CCCO1. The summed E-state index contributed by atoms with van der Waals surface area (Å²) in [6.07, 6.45) is 1.48. The number of hydrogen-bond acceptors (Lipinski definition) is 3. The minimum absolute atomic E-state index is 0.261. The molecule has 1 aromatic carbocycles. The van der Waals surface area contributed by atoms with Gasteiger partial charge in [-0.1, -0.05) is 28.1 Å². The van der Waals surface area contributed by atoms with Gasteiger partial charge in [-0.3, -0.25) is 9.59 Å². The maximum Gasteiger partial charge on any atom is 0.249 e. The molecule has 0 aliphatic carbocycles. The number of carbonyl (C=O) groups is 2. The van der Waals surface area contributed by atoms with Gasteiger partial charge in [0.25, 0.3) is 0 Å². The van der Waals surface area contributed by atoms with Crippen LogP contribution in [-0.4, -0.2) is 30.6 Å². The van der Waals surface area contributed by atoms with Crippen molar-refractivity contribution in [1.82, 2.24) is 5.32 Å². The second kappa shape index (κ2) is 6.85. The van der Waals surface area contributed by atoms with E-state index in [0.29, 0.717) is 19.4 Å². The molecule has 1 aromatic rings. The van der Waals surface area contributed by atoms with E-state index in [1.807, 2.05) is 24.3 Å². The molecule has 1 saturated heterocycles. The van der Waals surface area contributed by atoms with E-state index >= 15 is 0 Å². The van der Waals surface area contributed by atoms with Gasteiger partial charge < -0.3 is 15.8 Å². The summed E-state index contributed by atoms with van der Waals surface area (Å²) >= 11 is 3.35. The van der Waals surface area contributed by atoms with Gasteiger partial charge in [-0.05, 0) is 30.5 Å². The second-order valence-corrected chi connectivity index (χ2v) is 5.71. The summed E-state index contributed by atoms with van der Waals surface area (Å²) in [6, 6.07) is 6.83. The molecule has 2 atom stereocenters. The van der Waals surface area contributed by atoms with Crippen LogP contribution in [0.25, 0.3) is 0 Å². The lowest BCUT2D eigenvalue weighted by Gasteiger charge is -2.18. The van der Waals surface area contributed by atoms with Crippen LogP contribution in [0.15, 0.2) is 28.7 Å². The van der Waals surface area contributed by atoms with Crippen LogP contribution in [0.4, 0.5) is 0 Å². The second-order valence-electron chi connectivity index (χ2n) is 4.80. The quantitative estimate of drug-likeness (QED) is 0.843. The van der Waals surface area contributed by atoms with Gasteiger partial charge in [-0.25, -0.2) is 0 Å². The van der Waals surface area contributed by atoms with Gasteiger partial charge >= 0.3 is 0 Å². The van der Waals surface area contributed by atoms with Crippen molar-refractivity contribution in [2.45, 2.75) is 31.4 Å². The van der Waals surface area contributed by atoms with Crippen LogP contribution in [0.1, 0.15) is 18.4 Å². The van der Waals surface area contributed by atoms with E-state index in [4.69, 9.17) is 10.5 Å². The maximum atomic E-state index is 12.0. The molecule has 1 heterocycles. The molecule has 1 aliphatic heterocycles. The van der Waals surface area contributed by atoms with E-state index in [2.05, 4.69) is 21.2 Å². The molecule has 0 spiro atoms. The van der Waals surface area contributed by atoms with Gasteiger partial charge in [0.15, 0.2) is 0 Å². The first-order valence-corrected chi connectivity index (χ1v) is 7.31. The highest BCUT2D eigenvalue weighted by atomic mass is 79.9. The Balaban J connectivity index is 1.98. The Hall–Kier alpha value is -1.40. The monoisotopic (exact) mass is 340 g/mol. The molecule has 2 rings (SSSR count). The number of rotatable bonds is 5. The molecular formula is C14H17BrN2O3. The summed E-state index contributed by atoms with van der Waals surface area (Å²) in [5.41, 5.74) is 6.29. The molecule has 0 bridgehead atoms. The van der Waals surface area contributed by atoms with Gasteiger partial charge in [-0.2, -0.15) is 0 Å². The molecular weight excluding hydrogens is 324 g/mol. The molecule has 6 heteroatoms. The van der Waals surface area contributed by atoms with Crippen molar-refractivity contribution in [2.24, 2.45) is 5.73 Å². The molecule has 0 unspecified atom stereocenters. The summed E-state index contributed by atoms with van der Waals surface area (Å²) in [5, 5.41) is 2.67. The zero-order valence-corrected chi connectivity index (χ0v) is 12.6. The molecule has 0 aromatic heterocycles. The van der Waals surface area contributed by atoms with E-state index in [1.165, 1.54) is 0 Å². The average molecular weight is 341 g/mol. The van der Waals surface area contributed by atoms with Gasteiger partial charge in [0.05, 0.1) is 0 Å². The lowest BCUT2D eigenvalue weighted by Crippen LogP contribution is -2.49. The summed E-state index contributed by atoms with van der Waals surface area (Å²) in [6.45, 7) is 0.589. The van der Waals surface area contributed by atoms with Crippen molar-refractivity contribution >= 4 is 27.7 Å². The Labute approximate surface area is 126 Å². The highest BCUT2D eigenvalue weighted by Crippen LogP contribution is 2.14. The maximum absolute atomic E-state index is 12.0. The van der Waals surface area contributed by atoms with Crippen LogP contribution < -0.4 is 11.1 Å². The minimum Gasteiger partial charge on any atom is -0.368 e. The average Bonchev–Trinajstić information content (AvgIpc) is 2.94. The summed E-state index contributed by atoms with van der Waals surface area (Å²) in [5.74, 6) is -0.803. The van der Waals surface area contributed by atoms with Crippen LogP contribution in [0.3, 0.4) is 0 Å². The first kappa shape index (κ1) is 15.0. The number of primary amides is 1. The summed E-state index contributed by atoms with van der Waals surface area (Å²) < 4.78 is 6.25. The Kier molecular flexibility index (Phi) is 5.14. The van der Waals surface area contributed by atoms with Crippen molar-refractivity contribution in [2.75, 3.05) is 6.61 Å². The lowest BCUT2D eigenvalue weighted by atomic mass is 10.0. The molecule has 5 nitrogen and oxygen atoms in total. The molecule has 2 amide bonds. The van der Waals surface area contributed by atoms with Gasteiger partial charge in [0.1, 0.15) is 12.1 Å². The van der Waals surface area contributed by atoms with Crippen molar-refractivity contribution in [3.05, 3.63) is 34.3 Å². The number of amides is 2. The predicted molar refractivity (Wildman–Crippen MR) is 77.9 cm³/mol. The van der Waals surface area contributed by atoms with E-state index in [9.17, 15) is 9.59 Å². The molecule has 1 fully saturated rings. The van der Waals surface area contributed by atoms with Crippen LogP contribution in [0.5, 0.6) is 0 Å². The van der Waals surface area contributed by atoms with Gasteiger partial charge in [0.2, 0.25) is 11.8 Å². The zero-order valence-electron chi connectivity index (χ0n) is 11.0. The highest BCUT2D eigenvalue weighted by molar-refractivity contribution is 9.10. The van der Waals surface area contributed by atoms with Crippen molar-refractivity contribution in [1.29, 1.82) is 0 Å². The third-order valence-corrected chi connectivity index (χ3v) is 3.76. The molecule has 0 radical (unpaired) electrons. The predicted octanol–water partition coefficient (Wildman–Crippen LogP) is 1.14. The van der Waals surface area contributed by atoms with Gasteiger partial charge in [-0.15, -0.1) is 0 Å². The van der Waals surface area contributed by atoms with Crippen LogP contribution >= 0.6 is 15.9 Å². The smallest absolute Gasteiger partial charge is 0.249 e. The fraction of sp³-hybridized carbons (Fsp3) is 0.429. The molecule has 1 aliphatic rings. The van der Waals surface area contributed by atoms with E-state index in [1.54, 1.807) is 0 Å². The third kappa shape index (κ3) is 4.05. The first-order valence-electron chi connectivity index (χ1n) is 6.52. The highest BCUT2D eigenvalue weighted by Gasteiger charge is 2.27. The largest absolute Gasteiger partial charge is 0.368 e. The number of carbonyl (C=O) groups excluding carboxylic acids is 2. The number of ether oxygens (including phenoxy) is 1. The summed E-state index contributed by atoms with van der Waals surface area (Å²) in [4.78, 5) is 23.4. The Bertz CT molecular complexity index is 484. The topological polar surface area (TPSA) is 81.4 Å². The lowest BCUT2D eigenvalue weighted by molar-refractivity contribution is -0.133. The van der Waals surface area contributed by atoms with E-state index in [0.717, 1.165) is 16.5 Å². The Morgan fingerprint density at radius 3 is 2.65 bits per heavy atom. The Morgan fingerprint density at radius 1 is 1.40 bits per heavy atom. The number of nitrogens with two attached hydrogens (primary N) is 1. The van der Waals surface area contributed by atoms with Crippen molar-refractivity contribution in [3.63, 3.8) is 0 Å². The standard InChI is InChI=1S/C14H17BrN2O3/c15-10-5-3-9(4-6-10)8-11(13(16)18)17-14(19)12-2-1-7-20-12/h3-6,11-12H,1-2,7-8H2,(H2,16,18)(H,17,19)/t11-,12+/m0/s1. The zero-order chi connectivity index (χ0) is 14.5. The summed E-state index contributed by atoms with van der Waals surface area (Å²) in [7, 11) is 0. The fourth-order valence-corrected chi connectivity index (χ4v) is 2.39. The molecule has 3 N–H and O–H groups in total. The number of halogens is 1. The van der Waals surface area contributed by atoms with Gasteiger partial charge in [0, 0.05) is 17.5 Å². The third-order valence-electron chi connectivity index (χ3n) is 3.24. The molecule has 0 saturated carbocycles. The fourth-order valence-electron chi connectivity index (χ4n) is 2.13. The van der Waals surface area contributed by atoms with Crippen LogP contribution in [0, 0.1) is 0 Å². The van der Waals surface area contributed by atoms with E-state index < -0.39 is 18.1 Å². The first-order chi connectivity index (χ1) is 9.56.